The van der Waals surface area contributed by atoms with Gasteiger partial charge in [-0.1, -0.05) is 39.3 Å². The summed E-state index contributed by atoms with van der Waals surface area (Å²) in [6.07, 6.45) is 0. The van der Waals surface area contributed by atoms with Crippen molar-refractivity contribution in [3.8, 4) is 0 Å². The topological polar surface area (TPSA) is 12.0 Å². The van der Waals surface area contributed by atoms with Gasteiger partial charge in [0.1, 0.15) is 16.5 Å². The van der Waals surface area contributed by atoms with Crippen molar-refractivity contribution in [1.29, 1.82) is 0 Å². The molecule has 0 atom stereocenters. The normalized spacial score (nSPS) is 12.6. The fraction of sp³-hybridized carbons (Fsp3) is 1.00. The summed E-state index contributed by atoms with van der Waals surface area (Å²) >= 11 is 0. The van der Waals surface area contributed by atoms with Crippen LogP contribution in [0.5, 0.6) is 0 Å². The SMILES string of the molecule is C[Si](C)(C)N[Si](C)(C)C.[La]. The zero-order chi connectivity index (χ0) is 7.71. The first-order chi connectivity index (χ1) is 3.71. The molecule has 0 aromatic rings. The van der Waals surface area contributed by atoms with Crippen LogP contribution in [0, 0.1) is 35.6 Å². The molecule has 1 N–H and O–H groups in total. The Kier molecular flexibility index (Phi) is 6.46. The first-order valence-corrected chi connectivity index (χ1v) is 10.5. The van der Waals surface area contributed by atoms with Gasteiger partial charge in [0.15, 0.2) is 0 Å². The maximum atomic E-state index is 3.74. The molecular formula is C6H19LaNSi2. The third-order valence-corrected chi connectivity index (χ3v) is 6.75. The zero-order valence-electron chi connectivity index (χ0n) is 8.08. The minimum atomic E-state index is -0.981. The molecule has 0 saturated heterocycles. The van der Waals surface area contributed by atoms with Crippen LogP contribution in [0.2, 0.25) is 39.3 Å². The summed E-state index contributed by atoms with van der Waals surface area (Å²) in [4.78, 5) is 0. The van der Waals surface area contributed by atoms with E-state index in [-0.39, 0.29) is 35.6 Å². The first-order valence-electron chi connectivity index (χ1n) is 3.50. The molecule has 0 bridgehead atoms. The van der Waals surface area contributed by atoms with Crippen LogP contribution in [0.1, 0.15) is 0 Å². The zero-order valence-corrected chi connectivity index (χ0v) is 13.7. The summed E-state index contributed by atoms with van der Waals surface area (Å²) in [6, 6.07) is 0. The molecule has 10 heavy (non-hydrogen) atoms. The molecule has 0 aromatic heterocycles. The number of nitrogens with one attached hydrogen (secondary N) is 1. The van der Waals surface area contributed by atoms with Crippen molar-refractivity contribution in [1.82, 2.24) is 4.65 Å². The molecule has 0 spiro atoms. The van der Waals surface area contributed by atoms with E-state index in [9.17, 15) is 0 Å². The molecule has 4 heteroatoms. The van der Waals surface area contributed by atoms with E-state index >= 15 is 0 Å². The van der Waals surface area contributed by atoms with Crippen molar-refractivity contribution >= 4 is 16.5 Å². The Balaban J connectivity index is 0. The molecule has 59 valence electrons. The fourth-order valence-electron chi connectivity index (χ4n) is 1.12. The Bertz CT molecular complexity index is 80.9. The van der Waals surface area contributed by atoms with Crippen LogP contribution in [-0.2, 0) is 0 Å². The van der Waals surface area contributed by atoms with Crippen molar-refractivity contribution in [2.24, 2.45) is 0 Å². The molecule has 0 amide bonds. The smallest absolute Gasteiger partial charge is 0.109 e. The summed E-state index contributed by atoms with van der Waals surface area (Å²) in [6.45, 7) is 14.1. The van der Waals surface area contributed by atoms with Crippen molar-refractivity contribution in [2.75, 3.05) is 0 Å². The van der Waals surface area contributed by atoms with E-state index < -0.39 is 16.5 Å². The third kappa shape index (κ3) is 12.3. The van der Waals surface area contributed by atoms with Gasteiger partial charge in [-0.2, -0.15) is 0 Å². The molecule has 1 radical (unpaired) electrons. The Morgan fingerprint density at radius 3 is 0.900 bits per heavy atom. The molecule has 0 aromatic carbocycles. The molecule has 0 heterocycles. The van der Waals surface area contributed by atoms with E-state index in [1.54, 1.807) is 0 Å². The quantitative estimate of drug-likeness (QED) is 0.771. The van der Waals surface area contributed by atoms with Gasteiger partial charge in [-0.25, -0.2) is 0 Å². The fourth-order valence-corrected chi connectivity index (χ4v) is 10.1. The Morgan fingerprint density at radius 1 is 0.700 bits per heavy atom. The Morgan fingerprint density at radius 2 is 0.900 bits per heavy atom. The van der Waals surface area contributed by atoms with Crippen molar-refractivity contribution in [3.05, 3.63) is 0 Å². The molecule has 0 rings (SSSR count). The third-order valence-electron chi connectivity index (χ3n) is 0.750. The van der Waals surface area contributed by atoms with Crippen molar-refractivity contribution < 1.29 is 35.6 Å². The van der Waals surface area contributed by atoms with Gasteiger partial charge in [-0.3, -0.25) is 0 Å². The summed E-state index contributed by atoms with van der Waals surface area (Å²) in [5, 5.41) is 0. The molecule has 0 fully saturated rings. The minimum absolute atomic E-state index is 0. The molecular weight excluding hydrogens is 281 g/mol. The van der Waals surface area contributed by atoms with E-state index in [2.05, 4.69) is 43.9 Å². The summed E-state index contributed by atoms with van der Waals surface area (Å²) < 4.78 is 3.74. The van der Waals surface area contributed by atoms with Gasteiger partial charge in [0, 0.05) is 35.6 Å². The molecule has 0 aliphatic rings. The van der Waals surface area contributed by atoms with E-state index in [0.717, 1.165) is 0 Å². The van der Waals surface area contributed by atoms with Crippen molar-refractivity contribution in [2.45, 2.75) is 39.3 Å². The summed E-state index contributed by atoms with van der Waals surface area (Å²) in [5.41, 5.74) is 0. The van der Waals surface area contributed by atoms with Crippen LogP contribution < -0.4 is 4.65 Å². The Hall–Kier alpha value is 1.59. The second-order valence-electron chi connectivity index (χ2n) is 4.62. The van der Waals surface area contributed by atoms with Gasteiger partial charge in [0.2, 0.25) is 0 Å². The van der Waals surface area contributed by atoms with Crippen LogP contribution in [0.25, 0.3) is 0 Å². The second kappa shape index (κ2) is 4.57. The average molecular weight is 300 g/mol. The van der Waals surface area contributed by atoms with Gasteiger partial charge >= 0.3 is 0 Å². The van der Waals surface area contributed by atoms with Crippen LogP contribution in [0.15, 0.2) is 0 Å². The van der Waals surface area contributed by atoms with E-state index in [1.807, 2.05) is 0 Å². The van der Waals surface area contributed by atoms with Gasteiger partial charge < -0.3 is 4.65 Å². The van der Waals surface area contributed by atoms with Gasteiger partial charge in [-0.15, -0.1) is 0 Å². The van der Waals surface area contributed by atoms with E-state index in [4.69, 9.17) is 0 Å². The van der Waals surface area contributed by atoms with Crippen LogP contribution in [-0.4, -0.2) is 16.5 Å². The monoisotopic (exact) mass is 300 g/mol. The van der Waals surface area contributed by atoms with Gasteiger partial charge in [-0.05, 0) is 0 Å². The first kappa shape index (κ1) is 14.1. The Labute approximate surface area is 95.1 Å². The van der Waals surface area contributed by atoms with Crippen LogP contribution in [0.4, 0.5) is 0 Å². The molecule has 0 aliphatic heterocycles. The van der Waals surface area contributed by atoms with Gasteiger partial charge in [0.25, 0.3) is 0 Å². The van der Waals surface area contributed by atoms with Crippen LogP contribution in [0.3, 0.4) is 0 Å². The van der Waals surface area contributed by atoms with Gasteiger partial charge in [0.05, 0.1) is 0 Å². The average Bonchev–Trinajstić information content (AvgIpc) is 1.14. The predicted octanol–water partition coefficient (Wildman–Crippen LogP) is 2.25. The van der Waals surface area contributed by atoms with Crippen LogP contribution >= 0.6 is 0 Å². The van der Waals surface area contributed by atoms with E-state index in [1.165, 1.54) is 0 Å². The molecule has 0 saturated carbocycles. The minimum Gasteiger partial charge on any atom is -0.360 e. The largest absolute Gasteiger partial charge is 0.360 e. The molecule has 0 aliphatic carbocycles. The van der Waals surface area contributed by atoms with Crippen molar-refractivity contribution in [3.63, 3.8) is 0 Å². The number of hydrogen-bond donors (Lipinski definition) is 1. The predicted molar refractivity (Wildman–Crippen MR) is 49.8 cm³/mol. The summed E-state index contributed by atoms with van der Waals surface area (Å²) in [7, 11) is -1.96. The molecule has 0 unspecified atom stereocenters. The second-order valence-corrected chi connectivity index (χ2v) is 14.6. The summed E-state index contributed by atoms with van der Waals surface area (Å²) in [5.74, 6) is 0. The maximum Gasteiger partial charge on any atom is 0.109 e. The number of hydrogen-bond acceptors (Lipinski definition) is 1. The number of rotatable bonds is 2. The van der Waals surface area contributed by atoms with E-state index in [0.29, 0.717) is 0 Å². The standard InChI is InChI=1S/C6H19NSi2.La/c1-8(2,3)7-9(4,5)6;/h7H,1-6H3;. The molecule has 1 nitrogen and oxygen atoms in total. The maximum absolute atomic E-state index is 3.74.